The highest BCUT2D eigenvalue weighted by molar-refractivity contribution is 5.78. The molecule has 1 aromatic carbocycles. The molecule has 3 aromatic rings. The van der Waals surface area contributed by atoms with E-state index in [9.17, 15) is 27.5 Å². The van der Waals surface area contributed by atoms with Crippen LogP contribution in [0.25, 0.3) is 11.0 Å². The van der Waals surface area contributed by atoms with Gasteiger partial charge in [0.15, 0.2) is 17.2 Å². The average molecular weight is 397 g/mol. The largest absolute Gasteiger partial charge is 0.573 e. The van der Waals surface area contributed by atoms with Crippen LogP contribution in [-0.4, -0.2) is 31.2 Å². The lowest BCUT2D eigenvalue weighted by Crippen LogP contribution is -2.18. The van der Waals surface area contributed by atoms with E-state index in [1.54, 1.807) is 0 Å². The molecule has 28 heavy (non-hydrogen) atoms. The van der Waals surface area contributed by atoms with Gasteiger partial charge in [-0.05, 0) is 24.6 Å². The summed E-state index contributed by atoms with van der Waals surface area (Å²) in [5.74, 6) is -2.24. The summed E-state index contributed by atoms with van der Waals surface area (Å²) >= 11 is 0. The molecule has 0 amide bonds. The van der Waals surface area contributed by atoms with Gasteiger partial charge in [-0.25, -0.2) is 9.07 Å². The number of benzene rings is 1. The van der Waals surface area contributed by atoms with Crippen LogP contribution in [0.3, 0.4) is 0 Å². The summed E-state index contributed by atoms with van der Waals surface area (Å²) in [4.78, 5) is 18.0. The lowest BCUT2D eigenvalue weighted by Gasteiger charge is -2.15. The normalized spacial score (nSPS) is 12.7. The summed E-state index contributed by atoms with van der Waals surface area (Å²) in [5, 5.41) is 22.6. The molecule has 1 atom stereocenters. The second kappa shape index (κ2) is 6.84. The fourth-order valence-electron chi connectivity index (χ4n) is 2.70. The van der Waals surface area contributed by atoms with E-state index in [1.165, 1.54) is 17.7 Å². The van der Waals surface area contributed by atoms with E-state index in [0.717, 1.165) is 12.1 Å². The van der Waals surface area contributed by atoms with Gasteiger partial charge < -0.3 is 9.84 Å². The fourth-order valence-corrected chi connectivity index (χ4v) is 2.70. The van der Waals surface area contributed by atoms with Crippen LogP contribution in [0.2, 0.25) is 0 Å². The Labute approximate surface area is 153 Å². The van der Waals surface area contributed by atoms with E-state index >= 15 is 0 Å². The van der Waals surface area contributed by atoms with Crippen LogP contribution < -0.4 is 10.3 Å². The molecule has 0 aliphatic carbocycles. The Balaban J connectivity index is 2.09. The highest BCUT2D eigenvalue weighted by Gasteiger charge is 2.32. The van der Waals surface area contributed by atoms with Crippen LogP contribution in [0.4, 0.5) is 17.6 Å². The maximum absolute atomic E-state index is 14.0. The number of hydrogen-bond donors (Lipinski definition) is 2. The molecule has 0 fully saturated rings. The highest BCUT2D eigenvalue weighted by Crippen LogP contribution is 2.30. The van der Waals surface area contributed by atoms with Crippen molar-refractivity contribution in [2.45, 2.75) is 25.7 Å². The van der Waals surface area contributed by atoms with Crippen molar-refractivity contribution in [3.63, 3.8) is 0 Å². The molecule has 0 saturated carbocycles. The van der Waals surface area contributed by atoms with Crippen LogP contribution in [0.1, 0.15) is 24.2 Å². The monoisotopic (exact) mass is 397 g/mol. The maximum Gasteiger partial charge on any atom is 0.573 e. The molecule has 0 spiro atoms. The molecule has 8 nitrogen and oxygen atoms in total. The predicted octanol–water partition coefficient (Wildman–Crippen LogP) is 2.54. The molecule has 2 heterocycles. The number of nitrogens with zero attached hydrogens (tertiary/aromatic N) is 4. The number of aromatic amines is 1. The molecule has 0 unspecified atom stereocenters. The summed E-state index contributed by atoms with van der Waals surface area (Å²) in [6.07, 6.45) is -5.26. The number of fused-ring (bicyclic) bond motifs is 1. The third-order valence-electron chi connectivity index (χ3n) is 3.90. The second-order valence-electron chi connectivity index (χ2n) is 5.73. The van der Waals surface area contributed by atoms with Gasteiger partial charge >= 0.3 is 6.36 Å². The van der Waals surface area contributed by atoms with Crippen LogP contribution in [0.15, 0.2) is 23.0 Å². The summed E-state index contributed by atoms with van der Waals surface area (Å²) in [5.41, 5.74) is -0.488. The number of alkyl halides is 3. The number of halogens is 4. The molecule has 2 aromatic heterocycles. The van der Waals surface area contributed by atoms with E-state index < -0.39 is 35.5 Å². The van der Waals surface area contributed by atoms with Crippen molar-refractivity contribution in [1.29, 1.82) is 5.26 Å². The number of H-pyrrole nitrogens is 1. The van der Waals surface area contributed by atoms with Crippen LogP contribution in [0, 0.1) is 17.1 Å². The lowest BCUT2D eigenvalue weighted by atomic mass is 10.1. The molecule has 0 bridgehead atoms. The first-order valence-corrected chi connectivity index (χ1v) is 7.73. The molecule has 0 saturated heterocycles. The zero-order valence-corrected chi connectivity index (χ0v) is 14.1. The maximum atomic E-state index is 14.0. The Bertz CT molecular complexity index is 1150. The third-order valence-corrected chi connectivity index (χ3v) is 3.90. The summed E-state index contributed by atoms with van der Waals surface area (Å²) in [6, 6.07) is 3.20. The predicted molar refractivity (Wildman–Crippen MR) is 86.0 cm³/mol. The highest BCUT2D eigenvalue weighted by atomic mass is 19.4. The van der Waals surface area contributed by atoms with Crippen molar-refractivity contribution >= 4 is 11.0 Å². The minimum atomic E-state index is -5.04. The van der Waals surface area contributed by atoms with Gasteiger partial charge in [0, 0.05) is 0 Å². The number of aromatic nitrogens is 4. The molecule has 0 aliphatic rings. The van der Waals surface area contributed by atoms with Gasteiger partial charge in [-0.15, -0.1) is 13.2 Å². The van der Waals surface area contributed by atoms with Crippen LogP contribution in [0.5, 0.6) is 11.8 Å². The Kier molecular flexibility index (Phi) is 4.68. The van der Waals surface area contributed by atoms with E-state index in [2.05, 4.69) is 19.8 Å². The number of nitriles is 1. The number of hydrogen-bond acceptors (Lipinski definition) is 6. The van der Waals surface area contributed by atoms with Crippen molar-refractivity contribution in [3.8, 4) is 17.8 Å². The third kappa shape index (κ3) is 3.59. The van der Waals surface area contributed by atoms with Crippen molar-refractivity contribution in [2.75, 3.05) is 0 Å². The number of ether oxygens (including phenoxy) is 1. The second-order valence-corrected chi connectivity index (χ2v) is 5.73. The zero-order valence-electron chi connectivity index (χ0n) is 14.1. The Morgan fingerprint density at radius 2 is 2.14 bits per heavy atom. The van der Waals surface area contributed by atoms with Gasteiger partial charge in [-0.1, -0.05) is 6.07 Å². The SMILES string of the molecule is C[C@@H](c1ccc(OC(F)(F)F)c(F)c1)n1nc(CC#N)c2c(=O)[nH]c(O)nc21. The van der Waals surface area contributed by atoms with E-state index in [1.807, 2.05) is 6.07 Å². The molecule has 0 aliphatic heterocycles. The van der Waals surface area contributed by atoms with Crippen molar-refractivity contribution < 1.29 is 27.4 Å². The number of aromatic hydroxyl groups is 1. The Hall–Kier alpha value is -3.62. The average Bonchev–Trinajstić information content (AvgIpc) is 2.94. The first-order chi connectivity index (χ1) is 13.1. The fraction of sp³-hybridized carbons (Fsp3) is 0.250. The van der Waals surface area contributed by atoms with Crippen molar-refractivity contribution in [3.05, 3.63) is 45.6 Å². The van der Waals surface area contributed by atoms with E-state index in [-0.39, 0.29) is 28.7 Å². The van der Waals surface area contributed by atoms with Crippen LogP contribution >= 0.6 is 0 Å². The minimum Gasteiger partial charge on any atom is -0.480 e. The van der Waals surface area contributed by atoms with Crippen LogP contribution in [-0.2, 0) is 6.42 Å². The van der Waals surface area contributed by atoms with Gasteiger partial charge in [0.1, 0.15) is 5.39 Å². The molecule has 2 N–H and O–H groups in total. The van der Waals surface area contributed by atoms with Gasteiger partial charge in [0.25, 0.3) is 11.6 Å². The van der Waals surface area contributed by atoms with Crippen molar-refractivity contribution in [1.82, 2.24) is 19.7 Å². The molecular formula is C16H11F4N5O3. The lowest BCUT2D eigenvalue weighted by molar-refractivity contribution is -0.275. The summed E-state index contributed by atoms with van der Waals surface area (Å²) in [7, 11) is 0. The topological polar surface area (TPSA) is 117 Å². The van der Waals surface area contributed by atoms with Crippen molar-refractivity contribution in [2.24, 2.45) is 0 Å². The molecule has 146 valence electrons. The molecule has 0 radical (unpaired) electrons. The van der Waals surface area contributed by atoms with E-state index in [4.69, 9.17) is 5.26 Å². The first-order valence-electron chi connectivity index (χ1n) is 7.73. The van der Waals surface area contributed by atoms with Gasteiger partial charge in [-0.3, -0.25) is 9.78 Å². The van der Waals surface area contributed by atoms with Gasteiger partial charge in [-0.2, -0.15) is 15.3 Å². The summed E-state index contributed by atoms with van der Waals surface area (Å²) < 4.78 is 55.6. The molecule has 12 heteroatoms. The number of rotatable bonds is 4. The Morgan fingerprint density at radius 3 is 2.75 bits per heavy atom. The first kappa shape index (κ1) is 19.2. The minimum absolute atomic E-state index is 0.0244. The summed E-state index contributed by atoms with van der Waals surface area (Å²) in [6.45, 7) is 1.53. The Morgan fingerprint density at radius 1 is 1.43 bits per heavy atom. The van der Waals surface area contributed by atoms with Gasteiger partial charge in [0.2, 0.25) is 0 Å². The number of nitrogens with one attached hydrogen (secondary N) is 1. The quantitative estimate of drug-likeness (QED) is 0.654. The van der Waals surface area contributed by atoms with E-state index in [0.29, 0.717) is 0 Å². The molecule has 3 rings (SSSR count). The van der Waals surface area contributed by atoms with Gasteiger partial charge in [0.05, 0.1) is 24.2 Å². The standard InChI is InChI=1S/C16H11F4N5O3/c1-7(8-2-3-11(9(17)6-8)28-16(18,19)20)25-13-12(10(24-25)4-5-21)14(26)23-15(27)22-13/h2-3,6-7H,4H2,1H3,(H2,22,23,26,27)/t7-/m0/s1. The molecular weight excluding hydrogens is 386 g/mol. The zero-order chi connectivity index (χ0) is 20.6. The smallest absolute Gasteiger partial charge is 0.480 e.